The molecule has 1 aromatic heterocycles. The molecule has 0 amide bonds. The molecule has 0 saturated heterocycles. The second kappa shape index (κ2) is 3.20. The fourth-order valence-electron chi connectivity index (χ4n) is 1.33. The first kappa shape index (κ1) is 9.40. The molecule has 1 aromatic carbocycles. The Balaban J connectivity index is 2.98. The van der Waals surface area contributed by atoms with Crippen LogP contribution in [0.5, 0.6) is 0 Å². The minimum absolute atomic E-state index is 0.125. The summed E-state index contributed by atoms with van der Waals surface area (Å²) in [5.41, 5.74) is 0.250. The fraction of sp³-hybridized carbons (Fsp3) is 0.100. The number of benzene rings is 1. The number of aromatic amines is 1. The summed E-state index contributed by atoms with van der Waals surface area (Å²) in [4.78, 5) is 13.9. The third-order valence-electron chi connectivity index (χ3n) is 2.14. The topological polar surface area (TPSA) is 32.9 Å². The molecular weight excluding hydrogens is 249 g/mol. The van der Waals surface area contributed by atoms with Crippen LogP contribution in [0.2, 0.25) is 0 Å². The zero-order chi connectivity index (χ0) is 10.3. The first-order valence-electron chi connectivity index (χ1n) is 4.07. The van der Waals surface area contributed by atoms with Gasteiger partial charge in [0, 0.05) is 9.86 Å². The zero-order valence-corrected chi connectivity index (χ0v) is 8.98. The molecule has 0 radical (unpaired) electrons. The lowest BCUT2D eigenvalue weighted by atomic mass is 10.1. The summed E-state index contributed by atoms with van der Waals surface area (Å²) in [5, 5.41) is 0.435. The zero-order valence-electron chi connectivity index (χ0n) is 7.40. The number of fused-ring (bicyclic) bond motifs is 1. The highest BCUT2D eigenvalue weighted by molar-refractivity contribution is 9.10. The van der Waals surface area contributed by atoms with E-state index in [2.05, 4.69) is 20.9 Å². The monoisotopic (exact) mass is 255 g/mol. The molecule has 0 unspecified atom stereocenters. The van der Waals surface area contributed by atoms with E-state index in [-0.39, 0.29) is 11.1 Å². The predicted octanol–water partition coefficient (Wildman–Crippen LogP) is 2.74. The average Bonchev–Trinajstić information content (AvgIpc) is 2.14. The molecule has 0 spiro atoms. The highest BCUT2D eigenvalue weighted by atomic mass is 79.9. The Morgan fingerprint density at radius 3 is 2.86 bits per heavy atom. The van der Waals surface area contributed by atoms with E-state index in [4.69, 9.17) is 0 Å². The van der Waals surface area contributed by atoms with Gasteiger partial charge in [0.25, 0.3) is 5.56 Å². The van der Waals surface area contributed by atoms with Crippen molar-refractivity contribution in [2.75, 3.05) is 0 Å². The van der Waals surface area contributed by atoms with E-state index < -0.39 is 5.82 Å². The van der Waals surface area contributed by atoms with Crippen LogP contribution in [-0.2, 0) is 0 Å². The van der Waals surface area contributed by atoms with Gasteiger partial charge in [-0.3, -0.25) is 4.79 Å². The Kier molecular flexibility index (Phi) is 2.15. The van der Waals surface area contributed by atoms with Crippen molar-refractivity contribution in [2.24, 2.45) is 0 Å². The van der Waals surface area contributed by atoms with Crippen molar-refractivity contribution in [3.8, 4) is 0 Å². The van der Waals surface area contributed by atoms with E-state index >= 15 is 0 Å². The molecule has 0 aliphatic heterocycles. The summed E-state index contributed by atoms with van der Waals surface area (Å²) in [7, 11) is 0. The summed E-state index contributed by atoms with van der Waals surface area (Å²) in [6.45, 7) is 1.47. The van der Waals surface area contributed by atoms with Crippen LogP contribution in [0.1, 0.15) is 5.56 Å². The van der Waals surface area contributed by atoms with Crippen LogP contribution in [-0.4, -0.2) is 4.98 Å². The van der Waals surface area contributed by atoms with Crippen LogP contribution in [0, 0.1) is 12.7 Å². The van der Waals surface area contributed by atoms with Gasteiger partial charge in [-0.05, 0) is 25.1 Å². The third kappa shape index (κ3) is 1.35. The maximum Gasteiger partial charge on any atom is 0.254 e. The molecule has 0 aliphatic carbocycles. The number of hydrogen-bond acceptors (Lipinski definition) is 1. The van der Waals surface area contributed by atoms with Crippen LogP contribution in [0.3, 0.4) is 0 Å². The van der Waals surface area contributed by atoms with Crippen LogP contribution in [0.4, 0.5) is 4.39 Å². The molecule has 1 heterocycles. The Morgan fingerprint density at radius 2 is 2.14 bits per heavy atom. The molecule has 72 valence electrons. The van der Waals surface area contributed by atoms with Crippen LogP contribution in [0.25, 0.3) is 10.9 Å². The van der Waals surface area contributed by atoms with Gasteiger partial charge >= 0.3 is 0 Å². The molecule has 0 saturated carbocycles. The molecule has 4 heteroatoms. The lowest BCUT2D eigenvalue weighted by Crippen LogP contribution is -2.11. The number of halogens is 2. The van der Waals surface area contributed by atoms with E-state index in [1.54, 1.807) is 18.2 Å². The summed E-state index contributed by atoms with van der Waals surface area (Å²) in [6.07, 6.45) is 0. The highest BCUT2D eigenvalue weighted by Gasteiger charge is 2.07. The van der Waals surface area contributed by atoms with Gasteiger partial charge in [0.05, 0.1) is 11.1 Å². The van der Waals surface area contributed by atoms with E-state index in [1.165, 1.54) is 6.92 Å². The Labute approximate surface area is 87.9 Å². The van der Waals surface area contributed by atoms with Gasteiger partial charge in [-0.25, -0.2) is 4.39 Å². The number of pyridine rings is 1. The number of rotatable bonds is 0. The standard InChI is InChI=1S/C10H7BrFNO/c1-5-9(12)7-3-2-6(11)4-8(7)13-10(5)14/h2-4H,1H3,(H,13,14). The van der Waals surface area contributed by atoms with Gasteiger partial charge < -0.3 is 4.98 Å². The molecule has 2 rings (SSSR count). The summed E-state index contributed by atoms with van der Waals surface area (Å²) in [6, 6.07) is 5.06. The number of hydrogen-bond donors (Lipinski definition) is 1. The van der Waals surface area contributed by atoms with Crippen LogP contribution >= 0.6 is 15.9 Å². The fourth-order valence-corrected chi connectivity index (χ4v) is 1.69. The predicted molar refractivity (Wildman–Crippen MR) is 57.0 cm³/mol. The van der Waals surface area contributed by atoms with Gasteiger partial charge in [-0.1, -0.05) is 15.9 Å². The Morgan fingerprint density at radius 1 is 1.43 bits per heavy atom. The number of H-pyrrole nitrogens is 1. The minimum atomic E-state index is -0.448. The van der Waals surface area contributed by atoms with E-state index in [1.807, 2.05) is 0 Å². The summed E-state index contributed by atoms with van der Waals surface area (Å²) >= 11 is 3.26. The molecule has 1 N–H and O–H groups in total. The first-order valence-corrected chi connectivity index (χ1v) is 4.86. The van der Waals surface area contributed by atoms with E-state index in [9.17, 15) is 9.18 Å². The maximum absolute atomic E-state index is 13.6. The Hall–Kier alpha value is -1.16. The SMILES string of the molecule is Cc1c(F)c2ccc(Br)cc2[nH]c1=O. The number of aromatic nitrogens is 1. The second-order valence-corrected chi connectivity index (χ2v) is 4.00. The molecule has 14 heavy (non-hydrogen) atoms. The Bertz CT molecular complexity index is 562. The molecule has 0 bridgehead atoms. The van der Waals surface area contributed by atoms with Crippen molar-refractivity contribution in [3.05, 3.63) is 44.4 Å². The van der Waals surface area contributed by atoms with Crippen molar-refractivity contribution >= 4 is 26.8 Å². The van der Waals surface area contributed by atoms with Crippen molar-refractivity contribution in [3.63, 3.8) is 0 Å². The number of nitrogens with one attached hydrogen (secondary N) is 1. The van der Waals surface area contributed by atoms with Gasteiger partial charge in [0.15, 0.2) is 0 Å². The van der Waals surface area contributed by atoms with Crippen molar-refractivity contribution in [2.45, 2.75) is 6.92 Å². The summed E-state index contributed by atoms with van der Waals surface area (Å²) < 4.78 is 14.4. The van der Waals surface area contributed by atoms with Crippen LogP contribution in [0.15, 0.2) is 27.5 Å². The van der Waals surface area contributed by atoms with Crippen LogP contribution < -0.4 is 5.56 Å². The molecular formula is C10H7BrFNO. The average molecular weight is 256 g/mol. The first-order chi connectivity index (χ1) is 6.59. The molecule has 0 atom stereocenters. The minimum Gasteiger partial charge on any atom is -0.321 e. The highest BCUT2D eigenvalue weighted by Crippen LogP contribution is 2.20. The van der Waals surface area contributed by atoms with E-state index in [0.29, 0.717) is 10.9 Å². The third-order valence-corrected chi connectivity index (χ3v) is 2.63. The van der Waals surface area contributed by atoms with Crippen molar-refractivity contribution < 1.29 is 4.39 Å². The van der Waals surface area contributed by atoms with Gasteiger partial charge in [0.1, 0.15) is 5.82 Å². The lowest BCUT2D eigenvalue weighted by Gasteiger charge is -2.02. The van der Waals surface area contributed by atoms with E-state index in [0.717, 1.165) is 4.47 Å². The smallest absolute Gasteiger partial charge is 0.254 e. The normalized spacial score (nSPS) is 10.8. The van der Waals surface area contributed by atoms with Gasteiger partial charge in [-0.15, -0.1) is 0 Å². The van der Waals surface area contributed by atoms with Gasteiger partial charge in [-0.2, -0.15) is 0 Å². The maximum atomic E-state index is 13.6. The molecule has 0 fully saturated rings. The molecule has 0 aliphatic rings. The molecule has 2 nitrogen and oxygen atoms in total. The quantitative estimate of drug-likeness (QED) is 0.772. The molecule has 2 aromatic rings. The second-order valence-electron chi connectivity index (χ2n) is 3.08. The van der Waals surface area contributed by atoms with Gasteiger partial charge in [0.2, 0.25) is 0 Å². The van der Waals surface area contributed by atoms with Crippen molar-refractivity contribution in [1.82, 2.24) is 4.98 Å². The lowest BCUT2D eigenvalue weighted by molar-refractivity contribution is 0.626. The largest absolute Gasteiger partial charge is 0.321 e. The van der Waals surface area contributed by atoms with Crippen molar-refractivity contribution in [1.29, 1.82) is 0 Å². The summed E-state index contributed by atoms with van der Waals surface area (Å²) in [5.74, 6) is -0.448.